The molecule has 3 N–H and O–H groups in total. The van der Waals surface area contributed by atoms with E-state index in [4.69, 9.17) is 27.6 Å². The number of benzene rings is 1. The normalized spacial score (nSPS) is 10.5. The summed E-state index contributed by atoms with van der Waals surface area (Å²) >= 11 is 5.99. The zero-order valence-corrected chi connectivity index (χ0v) is 11.7. The van der Waals surface area contributed by atoms with E-state index >= 15 is 0 Å². The van der Waals surface area contributed by atoms with Crippen LogP contribution < -0.4 is 5.73 Å². The quantitative estimate of drug-likeness (QED) is 0.377. The average molecular weight is 281 g/mol. The number of nitrogens with zero attached hydrogens (tertiary/aromatic N) is 2. The summed E-state index contributed by atoms with van der Waals surface area (Å²) in [5.41, 5.74) is 7.21. The average Bonchev–Trinajstić information content (AvgIpc) is 2.34. The van der Waals surface area contributed by atoms with Crippen LogP contribution in [-0.2, 0) is 4.84 Å². The summed E-state index contributed by atoms with van der Waals surface area (Å²) in [5.74, 6) is -0.301. The molecule has 0 bridgehead atoms. The van der Waals surface area contributed by atoms with E-state index in [1.54, 1.807) is 12.1 Å². The first kappa shape index (κ1) is 15.2. The van der Waals surface area contributed by atoms with Crippen LogP contribution in [0.2, 0.25) is 5.02 Å². The van der Waals surface area contributed by atoms with Gasteiger partial charge in [0.05, 0.1) is 12.8 Å². The summed E-state index contributed by atoms with van der Waals surface area (Å²) in [6.45, 7) is 4.20. The molecule has 5 nitrogen and oxygen atoms in total. The Morgan fingerprint density at radius 1 is 1.47 bits per heavy atom. The monoisotopic (exact) mass is 280 g/mol. The van der Waals surface area contributed by atoms with Crippen LogP contribution in [0.15, 0.2) is 41.0 Å². The molecule has 0 heterocycles. The number of guanidine groups is 1. The van der Waals surface area contributed by atoms with Gasteiger partial charge >= 0.3 is 0 Å². The van der Waals surface area contributed by atoms with Gasteiger partial charge in [0, 0.05) is 10.6 Å². The van der Waals surface area contributed by atoms with Crippen LogP contribution >= 0.6 is 11.6 Å². The number of hydrogen-bond donors (Lipinski definition) is 2. The fourth-order valence-corrected chi connectivity index (χ4v) is 1.32. The molecule has 0 atom stereocenters. The van der Waals surface area contributed by atoms with Gasteiger partial charge in [-0.15, -0.1) is 5.17 Å². The Kier molecular flexibility index (Phi) is 6.05. The summed E-state index contributed by atoms with van der Waals surface area (Å²) in [6.07, 6.45) is 3.35. The van der Waals surface area contributed by atoms with E-state index in [9.17, 15) is 0 Å². The van der Waals surface area contributed by atoms with Crippen molar-refractivity contribution >= 4 is 23.8 Å². The summed E-state index contributed by atoms with van der Waals surface area (Å²) in [6, 6.07) is 7.23. The summed E-state index contributed by atoms with van der Waals surface area (Å²) in [4.78, 5) is 5.24. The van der Waals surface area contributed by atoms with Crippen LogP contribution in [0, 0.1) is 5.41 Å². The molecular weight excluding hydrogens is 264 g/mol. The maximum absolute atomic E-state index is 7.37. The topological polar surface area (TPSA) is 74.7 Å². The molecule has 102 valence electrons. The van der Waals surface area contributed by atoms with Gasteiger partial charge in [-0.3, -0.25) is 5.41 Å². The van der Waals surface area contributed by atoms with Crippen LogP contribution in [0.5, 0.6) is 0 Å². The molecule has 0 aliphatic rings. The SMILES string of the molecule is CC(C)=CCON(/N=C/c1ccccc1Cl)C(=N)N. The summed E-state index contributed by atoms with van der Waals surface area (Å²) in [7, 11) is 0. The van der Waals surface area contributed by atoms with Gasteiger partial charge in [0.1, 0.15) is 0 Å². The van der Waals surface area contributed by atoms with E-state index < -0.39 is 0 Å². The summed E-state index contributed by atoms with van der Waals surface area (Å²) < 4.78 is 0. The first-order chi connectivity index (χ1) is 9.00. The van der Waals surface area contributed by atoms with Gasteiger partial charge in [-0.1, -0.05) is 41.4 Å². The van der Waals surface area contributed by atoms with Crippen LogP contribution in [0.4, 0.5) is 0 Å². The standard InChI is InChI=1S/C13H17ClN4O/c1-10(2)7-8-19-18(13(15)16)17-9-11-5-3-4-6-12(11)14/h3-7,9H,8H2,1-2H3,(H3,15,16)/b17-9+. The van der Waals surface area contributed by atoms with Gasteiger partial charge in [0.2, 0.25) is 5.96 Å². The molecule has 19 heavy (non-hydrogen) atoms. The van der Waals surface area contributed by atoms with Crippen molar-refractivity contribution in [3.05, 3.63) is 46.5 Å². The minimum Gasteiger partial charge on any atom is -0.367 e. The number of nitrogens with two attached hydrogens (primary N) is 1. The van der Waals surface area contributed by atoms with E-state index in [2.05, 4.69) is 5.10 Å². The van der Waals surface area contributed by atoms with Crippen molar-refractivity contribution in [3.8, 4) is 0 Å². The lowest BCUT2D eigenvalue weighted by Crippen LogP contribution is -2.32. The van der Waals surface area contributed by atoms with E-state index in [0.29, 0.717) is 11.6 Å². The van der Waals surface area contributed by atoms with Gasteiger partial charge in [0.15, 0.2) is 0 Å². The number of hydrogen-bond acceptors (Lipinski definition) is 3. The molecular formula is C13H17ClN4O. The van der Waals surface area contributed by atoms with Crippen molar-refractivity contribution in [1.29, 1.82) is 5.41 Å². The lowest BCUT2D eigenvalue weighted by Gasteiger charge is -2.14. The van der Waals surface area contributed by atoms with E-state index in [1.807, 2.05) is 32.1 Å². The molecule has 0 radical (unpaired) electrons. The van der Waals surface area contributed by atoms with Crippen molar-refractivity contribution in [2.24, 2.45) is 10.8 Å². The van der Waals surface area contributed by atoms with Gasteiger partial charge < -0.3 is 5.73 Å². The molecule has 6 heteroatoms. The number of halogens is 1. The Bertz CT molecular complexity index is 495. The molecule has 0 spiro atoms. The third-order valence-electron chi connectivity index (χ3n) is 2.10. The van der Waals surface area contributed by atoms with E-state index in [0.717, 1.165) is 16.3 Å². The Hall–Kier alpha value is -1.85. The Morgan fingerprint density at radius 2 is 2.16 bits per heavy atom. The highest BCUT2D eigenvalue weighted by Gasteiger charge is 2.04. The first-order valence-corrected chi connectivity index (χ1v) is 6.07. The third kappa shape index (κ3) is 5.54. The first-order valence-electron chi connectivity index (χ1n) is 5.69. The predicted octanol–water partition coefficient (Wildman–Crippen LogP) is 2.77. The zero-order valence-electron chi connectivity index (χ0n) is 10.9. The second-order valence-corrected chi connectivity index (χ2v) is 4.41. The minimum absolute atomic E-state index is 0.293. The van der Waals surface area contributed by atoms with Crippen LogP contribution in [0.25, 0.3) is 0 Å². The van der Waals surface area contributed by atoms with Crippen molar-refractivity contribution in [3.63, 3.8) is 0 Å². The minimum atomic E-state index is -0.301. The molecule has 0 aliphatic carbocycles. The van der Waals surface area contributed by atoms with Gasteiger partial charge in [0.25, 0.3) is 0 Å². The highest BCUT2D eigenvalue weighted by atomic mass is 35.5. The van der Waals surface area contributed by atoms with Crippen molar-refractivity contribution < 1.29 is 4.84 Å². The van der Waals surface area contributed by atoms with Crippen LogP contribution in [0.1, 0.15) is 19.4 Å². The third-order valence-corrected chi connectivity index (χ3v) is 2.45. The number of allylic oxidation sites excluding steroid dienone is 1. The van der Waals surface area contributed by atoms with E-state index in [1.165, 1.54) is 6.21 Å². The Labute approximate surface area is 117 Å². The molecule has 0 saturated heterocycles. The van der Waals surface area contributed by atoms with Gasteiger partial charge in [-0.25, -0.2) is 4.84 Å². The Balaban J connectivity index is 2.71. The molecule has 0 unspecified atom stereocenters. The largest absolute Gasteiger partial charge is 0.367 e. The Morgan fingerprint density at radius 3 is 2.74 bits per heavy atom. The molecule has 1 aromatic rings. The van der Waals surface area contributed by atoms with E-state index in [-0.39, 0.29) is 5.96 Å². The second-order valence-electron chi connectivity index (χ2n) is 4.00. The fraction of sp³-hybridized carbons (Fsp3) is 0.231. The number of hydrazone groups is 1. The number of hydroxylamine groups is 1. The molecule has 0 amide bonds. The maximum Gasteiger partial charge on any atom is 0.236 e. The second kappa shape index (κ2) is 7.56. The summed E-state index contributed by atoms with van der Waals surface area (Å²) in [5, 5.41) is 12.9. The molecule has 0 saturated carbocycles. The lowest BCUT2D eigenvalue weighted by molar-refractivity contribution is -0.0860. The van der Waals surface area contributed by atoms with Crippen LogP contribution in [0.3, 0.4) is 0 Å². The molecule has 0 fully saturated rings. The number of rotatable bonds is 5. The highest BCUT2D eigenvalue weighted by Crippen LogP contribution is 2.12. The van der Waals surface area contributed by atoms with Crippen molar-refractivity contribution in [1.82, 2.24) is 5.17 Å². The maximum atomic E-state index is 7.37. The van der Waals surface area contributed by atoms with Crippen molar-refractivity contribution in [2.75, 3.05) is 6.61 Å². The van der Waals surface area contributed by atoms with Crippen LogP contribution in [-0.4, -0.2) is 24.0 Å². The zero-order chi connectivity index (χ0) is 14.3. The molecule has 0 aliphatic heterocycles. The van der Waals surface area contributed by atoms with Gasteiger partial charge in [-0.05, 0) is 19.9 Å². The molecule has 1 rings (SSSR count). The smallest absolute Gasteiger partial charge is 0.236 e. The van der Waals surface area contributed by atoms with Crippen molar-refractivity contribution in [2.45, 2.75) is 13.8 Å². The molecule has 1 aromatic carbocycles. The number of nitrogens with one attached hydrogen (secondary N) is 1. The van der Waals surface area contributed by atoms with Gasteiger partial charge in [-0.2, -0.15) is 5.10 Å². The fourth-order valence-electron chi connectivity index (χ4n) is 1.13. The highest BCUT2D eigenvalue weighted by molar-refractivity contribution is 6.33. The lowest BCUT2D eigenvalue weighted by atomic mass is 10.2. The molecule has 0 aromatic heterocycles. The predicted molar refractivity (Wildman–Crippen MR) is 78.2 cm³/mol.